The maximum atomic E-state index is 11.6. The van der Waals surface area contributed by atoms with E-state index in [9.17, 15) is 4.79 Å². The monoisotopic (exact) mass is 203 g/mol. The molecule has 15 heavy (non-hydrogen) atoms. The van der Waals surface area contributed by atoms with E-state index in [-0.39, 0.29) is 5.78 Å². The van der Waals surface area contributed by atoms with Gasteiger partial charge in [0.25, 0.3) is 0 Å². The van der Waals surface area contributed by atoms with Crippen molar-refractivity contribution in [1.82, 2.24) is 0 Å². The summed E-state index contributed by atoms with van der Waals surface area (Å²) < 4.78 is 0. The Morgan fingerprint density at radius 1 is 1.13 bits per heavy atom. The highest BCUT2D eigenvalue weighted by Crippen LogP contribution is 2.13. The van der Waals surface area contributed by atoms with Crippen LogP contribution in [0.1, 0.15) is 24.2 Å². The minimum absolute atomic E-state index is 0.0697. The summed E-state index contributed by atoms with van der Waals surface area (Å²) in [5.41, 5.74) is 2.86. The third-order valence-electron chi connectivity index (χ3n) is 2.09. The Labute approximate surface area is 91.2 Å². The Morgan fingerprint density at radius 3 is 2.07 bits per heavy atom. The van der Waals surface area contributed by atoms with Crippen LogP contribution in [-0.2, 0) is 0 Å². The zero-order chi connectivity index (χ0) is 11.4. The number of nitrogens with zero attached hydrogens (tertiary/aromatic N) is 1. The number of carbonyl (C=O) groups is 1. The first kappa shape index (κ1) is 11.5. The molecular formula is C13H17NO. The van der Waals surface area contributed by atoms with Gasteiger partial charge in [-0.3, -0.25) is 4.79 Å². The number of rotatable bonds is 3. The molecule has 0 spiro atoms. The molecule has 0 fully saturated rings. The lowest BCUT2D eigenvalue weighted by Gasteiger charge is -2.11. The number of anilines is 1. The fourth-order valence-electron chi connectivity index (χ4n) is 1.27. The second-order valence-corrected chi connectivity index (χ2v) is 4.03. The second kappa shape index (κ2) is 4.78. The molecule has 0 aliphatic heterocycles. The molecule has 1 rings (SSSR count). The number of benzene rings is 1. The van der Waals surface area contributed by atoms with E-state index in [0.29, 0.717) is 0 Å². The molecule has 80 valence electrons. The topological polar surface area (TPSA) is 20.3 Å². The SMILES string of the molecule is CC(C)=CC(=O)c1ccc(N(C)C)cc1. The molecule has 0 saturated heterocycles. The van der Waals surface area contributed by atoms with Crippen LogP contribution in [0.3, 0.4) is 0 Å². The van der Waals surface area contributed by atoms with Crippen LogP contribution >= 0.6 is 0 Å². The van der Waals surface area contributed by atoms with Gasteiger partial charge >= 0.3 is 0 Å². The number of allylic oxidation sites excluding steroid dienone is 2. The Bertz CT molecular complexity index is 370. The van der Waals surface area contributed by atoms with E-state index in [1.54, 1.807) is 6.08 Å². The van der Waals surface area contributed by atoms with Gasteiger partial charge < -0.3 is 4.90 Å². The Morgan fingerprint density at radius 2 is 1.67 bits per heavy atom. The molecule has 0 saturated carbocycles. The average Bonchev–Trinajstić information content (AvgIpc) is 2.17. The third kappa shape index (κ3) is 3.24. The van der Waals surface area contributed by atoms with Crippen LogP contribution in [0.25, 0.3) is 0 Å². The standard InChI is InChI=1S/C13H17NO/c1-10(2)9-13(15)11-5-7-12(8-6-11)14(3)4/h5-9H,1-4H3. The molecule has 0 N–H and O–H groups in total. The van der Waals surface area contributed by atoms with Crippen molar-refractivity contribution in [2.45, 2.75) is 13.8 Å². The van der Waals surface area contributed by atoms with Gasteiger partial charge in [-0.15, -0.1) is 0 Å². The predicted octanol–water partition coefficient (Wildman–Crippen LogP) is 2.90. The Kier molecular flexibility index (Phi) is 3.67. The van der Waals surface area contributed by atoms with Crippen LogP contribution in [0.2, 0.25) is 0 Å². The first-order valence-corrected chi connectivity index (χ1v) is 4.97. The van der Waals surface area contributed by atoms with Crippen molar-refractivity contribution >= 4 is 11.5 Å². The largest absolute Gasteiger partial charge is 0.378 e. The lowest BCUT2D eigenvalue weighted by molar-refractivity contribution is 0.104. The van der Waals surface area contributed by atoms with Crippen molar-refractivity contribution in [3.05, 3.63) is 41.5 Å². The Hall–Kier alpha value is -1.57. The first-order chi connectivity index (χ1) is 7.00. The molecule has 0 heterocycles. The van der Waals surface area contributed by atoms with E-state index in [1.165, 1.54) is 0 Å². The van der Waals surface area contributed by atoms with Gasteiger partial charge in [-0.1, -0.05) is 5.57 Å². The van der Waals surface area contributed by atoms with Crippen molar-refractivity contribution in [2.75, 3.05) is 19.0 Å². The summed E-state index contributed by atoms with van der Waals surface area (Å²) in [5, 5.41) is 0. The normalized spacial score (nSPS) is 9.60. The summed E-state index contributed by atoms with van der Waals surface area (Å²) in [4.78, 5) is 13.7. The molecule has 0 aliphatic rings. The lowest BCUT2D eigenvalue weighted by Crippen LogP contribution is -2.08. The average molecular weight is 203 g/mol. The predicted molar refractivity (Wildman–Crippen MR) is 64.5 cm³/mol. The number of ketones is 1. The molecular weight excluding hydrogens is 186 g/mol. The van der Waals surface area contributed by atoms with Gasteiger partial charge in [0.05, 0.1) is 0 Å². The van der Waals surface area contributed by atoms with Crippen molar-refractivity contribution in [2.24, 2.45) is 0 Å². The van der Waals surface area contributed by atoms with Gasteiger partial charge in [0, 0.05) is 25.3 Å². The molecule has 2 nitrogen and oxygen atoms in total. The summed E-state index contributed by atoms with van der Waals surface area (Å²) in [7, 11) is 3.96. The van der Waals surface area contributed by atoms with Crippen molar-refractivity contribution < 1.29 is 4.79 Å². The smallest absolute Gasteiger partial charge is 0.185 e. The van der Waals surface area contributed by atoms with E-state index in [1.807, 2.05) is 57.1 Å². The molecule has 0 aromatic heterocycles. The zero-order valence-electron chi connectivity index (χ0n) is 9.74. The Balaban J connectivity index is 2.90. The second-order valence-electron chi connectivity index (χ2n) is 4.03. The minimum atomic E-state index is 0.0697. The molecule has 0 amide bonds. The highest BCUT2D eigenvalue weighted by Gasteiger charge is 2.02. The van der Waals surface area contributed by atoms with Crippen LogP contribution in [0.15, 0.2) is 35.9 Å². The molecule has 0 aliphatic carbocycles. The summed E-state index contributed by atoms with van der Waals surface area (Å²) in [5.74, 6) is 0.0697. The fraction of sp³-hybridized carbons (Fsp3) is 0.308. The number of hydrogen-bond acceptors (Lipinski definition) is 2. The molecule has 0 unspecified atom stereocenters. The van der Waals surface area contributed by atoms with Gasteiger partial charge in [0.1, 0.15) is 0 Å². The maximum Gasteiger partial charge on any atom is 0.185 e. The van der Waals surface area contributed by atoms with Crippen LogP contribution < -0.4 is 4.90 Å². The minimum Gasteiger partial charge on any atom is -0.378 e. The zero-order valence-corrected chi connectivity index (χ0v) is 9.74. The van der Waals surface area contributed by atoms with E-state index < -0.39 is 0 Å². The summed E-state index contributed by atoms with van der Waals surface area (Å²) >= 11 is 0. The summed E-state index contributed by atoms with van der Waals surface area (Å²) in [6, 6.07) is 7.62. The highest BCUT2D eigenvalue weighted by molar-refractivity contribution is 6.05. The van der Waals surface area contributed by atoms with Gasteiger partial charge in [-0.2, -0.15) is 0 Å². The molecule has 0 bridgehead atoms. The number of hydrogen-bond donors (Lipinski definition) is 0. The summed E-state index contributed by atoms with van der Waals surface area (Å²) in [6.45, 7) is 3.85. The van der Waals surface area contributed by atoms with Gasteiger partial charge in [0.2, 0.25) is 0 Å². The van der Waals surface area contributed by atoms with E-state index in [4.69, 9.17) is 0 Å². The highest BCUT2D eigenvalue weighted by atomic mass is 16.1. The van der Waals surface area contributed by atoms with Crippen molar-refractivity contribution in [3.63, 3.8) is 0 Å². The molecule has 0 atom stereocenters. The van der Waals surface area contributed by atoms with E-state index in [0.717, 1.165) is 16.8 Å². The van der Waals surface area contributed by atoms with Crippen molar-refractivity contribution in [3.8, 4) is 0 Å². The maximum absolute atomic E-state index is 11.6. The van der Waals surface area contributed by atoms with Gasteiger partial charge in [0.15, 0.2) is 5.78 Å². The molecule has 0 radical (unpaired) electrons. The molecule has 1 aromatic carbocycles. The number of carbonyl (C=O) groups excluding carboxylic acids is 1. The molecule has 2 heteroatoms. The van der Waals surface area contributed by atoms with Gasteiger partial charge in [-0.25, -0.2) is 0 Å². The molecule has 1 aromatic rings. The van der Waals surface area contributed by atoms with E-state index >= 15 is 0 Å². The van der Waals surface area contributed by atoms with Crippen LogP contribution in [-0.4, -0.2) is 19.9 Å². The van der Waals surface area contributed by atoms with Crippen LogP contribution in [0.5, 0.6) is 0 Å². The summed E-state index contributed by atoms with van der Waals surface area (Å²) in [6.07, 6.45) is 1.66. The fourth-order valence-corrected chi connectivity index (χ4v) is 1.27. The van der Waals surface area contributed by atoms with E-state index in [2.05, 4.69) is 0 Å². The quantitative estimate of drug-likeness (QED) is 0.556. The lowest BCUT2D eigenvalue weighted by atomic mass is 10.1. The third-order valence-corrected chi connectivity index (χ3v) is 2.09. The van der Waals surface area contributed by atoms with Gasteiger partial charge in [-0.05, 0) is 44.2 Å². The van der Waals surface area contributed by atoms with Crippen LogP contribution in [0.4, 0.5) is 5.69 Å². The first-order valence-electron chi connectivity index (χ1n) is 4.97. The van der Waals surface area contributed by atoms with Crippen LogP contribution in [0, 0.1) is 0 Å². The van der Waals surface area contributed by atoms with Crippen molar-refractivity contribution in [1.29, 1.82) is 0 Å².